The molecule has 1 rings (SSSR count). The van der Waals surface area contributed by atoms with Crippen LogP contribution in [0.2, 0.25) is 0 Å². The summed E-state index contributed by atoms with van der Waals surface area (Å²) in [5.41, 5.74) is 0. The molecule has 0 saturated heterocycles. The molecule has 0 aliphatic rings. The number of hydrogen-bond acceptors (Lipinski definition) is 3. The number of thioether (sulfide) groups is 1. The van der Waals surface area contributed by atoms with Crippen molar-refractivity contribution in [2.45, 2.75) is 17.2 Å². The molecule has 4 heteroatoms. The van der Waals surface area contributed by atoms with Crippen molar-refractivity contribution in [3.63, 3.8) is 0 Å². The van der Waals surface area contributed by atoms with E-state index in [0.717, 1.165) is 5.75 Å². The SMILES string of the molecule is CC(=O)OCC(Cl)CSc1ccccc1. The van der Waals surface area contributed by atoms with Crippen molar-refractivity contribution in [3.05, 3.63) is 30.3 Å². The van der Waals surface area contributed by atoms with Crippen LogP contribution in [-0.4, -0.2) is 23.7 Å². The zero-order chi connectivity index (χ0) is 11.1. The third-order valence-electron chi connectivity index (χ3n) is 1.64. The Bertz CT molecular complexity index is 303. The first-order chi connectivity index (χ1) is 7.18. The van der Waals surface area contributed by atoms with Crippen LogP contribution in [0.25, 0.3) is 0 Å². The third-order valence-corrected chi connectivity index (χ3v) is 3.28. The van der Waals surface area contributed by atoms with Crippen LogP contribution in [0.15, 0.2) is 35.2 Å². The molecule has 1 aromatic carbocycles. The minimum atomic E-state index is -0.287. The Morgan fingerprint density at radius 2 is 2.13 bits per heavy atom. The molecule has 0 bridgehead atoms. The van der Waals surface area contributed by atoms with Crippen molar-refractivity contribution in [1.82, 2.24) is 0 Å². The van der Waals surface area contributed by atoms with Crippen LogP contribution in [0, 0.1) is 0 Å². The standard InChI is InChI=1S/C11H13ClO2S/c1-9(13)14-7-10(12)8-15-11-5-3-2-4-6-11/h2-6,10H,7-8H2,1H3. The van der Waals surface area contributed by atoms with Gasteiger partial charge in [-0.3, -0.25) is 4.79 Å². The van der Waals surface area contributed by atoms with Crippen LogP contribution < -0.4 is 0 Å². The zero-order valence-electron chi connectivity index (χ0n) is 8.48. The van der Waals surface area contributed by atoms with Crippen LogP contribution in [0.5, 0.6) is 0 Å². The van der Waals surface area contributed by atoms with Crippen molar-refractivity contribution < 1.29 is 9.53 Å². The molecule has 0 aliphatic heterocycles. The Hall–Kier alpha value is -0.670. The lowest BCUT2D eigenvalue weighted by atomic mass is 10.4. The summed E-state index contributed by atoms with van der Waals surface area (Å²) in [7, 11) is 0. The first kappa shape index (κ1) is 12.4. The molecule has 2 nitrogen and oxygen atoms in total. The minimum absolute atomic E-state index is 0.140. The Labute approximate surface area is 99.0 Å². The van der Waals surface area contributed by atoms with Gasteiger partial charge in [-0.25, -0.2) is 0 Å². The summed E-state index contributed by atoms with van der Waals surface area (Å²) < 4.78 is 4.81. The molecular formula is C11H13ClO2S. The molecule has 0 aromatic heterocycles. The van der Waals surface area contributed by atoms with E-state index >= 15 is 0 Å². The largest absolute Gasteiger partial charge is 0.464 e. The van der Waals surface area contributed by atoms with Crippen LogP contribution in [0.3, 0.4) is 0 Å². The number of carbonyl (C=O) groups excluding carboxylic acids is 1. The van der Waals surface area contributed by atoms with Crippen LogP contribution in [-0.2, 0) is 9.53 Å². The molecule has 0 radical (unpaired) electrons. The molecule has 0 saturated carbocycles. The van der Waals surface area contributed by atoms with Gasteiger partial charge in [-0.1, -0.05) is 18.2 Å². The van der Waals surface area contributed by atoms with E-state index in [2.05, 4.69) is 0 Å². The smallest absolute Gasteiger partial charge is 0.302 e. The Morgan fingerprint density at radius 3 is 2.73 bits per heavy atom. The molecule has 1 atom stereocenters. The van der Waals surface area contributed by atoms with Crippen LogP contribution >= 0.6 is 23.4 Å². The summed E-state index contributed by atoms with van der Waals surface area (Å²) in [6.07, 6.45) is 0. The predicted molar refractivity (Wildman–Crippen MR) is 63.4 cm³/mol. The van der Waals surface area contributed by atoms with E-state index in [1.165, 1.54) is 11.8 Å². The van der Waals surface area contributed by atoms with Gasteiger partial charge in [0.05, 0.1) is 5.38 Å². The van der Waals surface area contributed by atoms with Crippen molar-refractivity contribution in [2.24, 2.45) is 0 Å². The topological polar surface area (TPSA) is 26.3 Å². The Balaban J connectivity index is 2.22. The minimum Gasteiger partial charge on any atom is -0.464 e. The van der Waals surface area contributed by atoms with Gasteiger partial charge in [0.15, 0.2) is 0 Å². The highest BCUT2D eigenvalue weighted by molar-refractivity contribution is 7.99. The first-order valence-corrected chi connectivity index (χ1v) is 6.06. The highest BCUT2D eigenvalue weighted by Gasteiger charge is 2.07. The van der Waals surface area contributed by atoms with E-state index in [-0.39, 0.29) is 18.0 Å². The van der Waals surface area contributed by atoms with Gasteiger partial charge < -0.3 is 4.74 Å². The van der Waals surface area contributed by atoms with Gasteiger partial charge in [0.1, 0.15) is 6.61 Å². The second kappa shape index (κ2) is 6.75. The fourth-order valence-electron chi connectivity index (χ4n) is 0.959. The fraction of sp³-hybridized carbons (Fsp3) is 0.364. The van der Waals surface area contributed by atoms with E-state index in [1.807, 2.05) is 30.3 Å². The molecule has 0 aliphatic carbocycles. The number of carbonyl (C=O) groups is 1. The molecule has 0 fully saturated rings. The number of hydrogen-bond donors (Lipinski definition) is 0. The normalized spacial score (nSPS) is 12.1. The third kappa shape index (κ3) is 5.70. The van der Waals surface area contributed by atoms with E-state index in [4.69, 9.17) is 16.3 Å². The lowest BCUT2D eigenvalue weighted by molar-refractivity contribution is -0.140. The summed E-state index contributed by atoms with van der Waals surface area (Å²) in [6, 6.07) is 10.00. The second-order valence-corrected chi connectivity index (χ2v) is 4.73. The summed E-state index contributed by atoms with van der Waals surface area (Å²) >= 11 is 7.63. The Morgan fingerprint density at radius 1 is 1.47 bits per heavy atom. The van der Waals surface area contributed by atoms with Crippen molar-refractivity contribution in [2.75, 3.05) is 12.4 Å². The molecule has 15 heavy (non-hydrogen) atoms. The summed E-state index contributed by atoms with van der Waals surface area (Å²) in [4.78, 5) is 11.7. The quantitative estimate of drug-likeness (QED) is 0.453. The predicted octanol–water partition coefficient (Wildman–Crippen LogP) is 2.95. The zero-order valence-corrected chi connectivity index (χ0v) is 10.1. The van der Waals surface area contributed by atoms with E-state index in [0.29, 0.717) is 0 Å². The molecule has 1 unspecified atom stereocenters. The lowest BCUT2D eigenvalue weighted by Gasteiger charge is -2.08. The van der Waals surface area contributed by atoms with Crippen molar-refractivity contribution in [3.8, 4) is 0 Å². The molecule has 0 amide bonds. The highest BCUT2D eigenvalue weighted by Crippen LogP contribution is 2.19. The number of esters is 1. The first-order valence-electron chi connectivity index (χ1n) is 4.64. The molecule has 1 aromatic rings. The second-order valence-electron chi connectivity index (χ2n) is 3.02. The molecular weight excluding hydrogens is 232 g/mol. The average Bonchev–Trinajstić information content (AvgIpc) is 2.25. The maximum absolute atomic E-state index is 10.5. The maximum atomic E-state index is 10.5. The van der Waals surface area contributed by atoms with Crippen molar-refractivity contribution in [1.29, 1.82) is 0 Å². The summed E-state index contributed by atoms with van der Waals surface area (Å²) in [5.74, 6) is 0.448. The fourth-order valence-corrected chi connectivity index (χ4v) is 2.03. The van der Waals surface area contributed by atoms with Crippen LogP contribution in [0.1, 0.15) is 6.92 Å². The molecule has 0 spiro atoms. The van der Waals surface area contributed by atoms with Gasteiger partial charge in [-0.05, 0) is 12.1 Å². The van der Waals surface area contributed by atoms with E-state index < -0.39 is 0 Å². The molecule has 0 heterocycles. The number of ether oxygens (including phenoxy) is 1. The lowest BCUT2D eigenvalue weighted by Crippen LogP contribution is -2.14. The van der Waals surface area contributed by atoms with Gasteiger partial charge in [-0.15, -0.1) is 23.4 Å². The highest BCUT2D eigenvalue weighted by atomic mass is 35.5. The molecule has 0 N–H and O–H groups in total. The number of rotatable bonds is 5. The number of alkyl halides is 1. The van der Waals surface area contributed by atoms with E-state index in [1.54, 1.807) is 11.8 Å². The maximum Gasteiger partial charge on any atom is 0.302 e. The van der Waals surface area contributed by atoms with E-state index in [9.17, 15) is 4.79 Å². The Kier molecular flexibility index (Phi) is 5.58. The molecule has 82 valence electrons. The van der Waals surface area contributed by atoms with Crippen molar-refractivity contribution >= 4 is 29.3 Å². The van der Waals surface area contributed by atoms with Gasteiger partial charge in [0.2, 0.25) is 0 Å². The average molecular weight is 245 g/mol. The van der Waals surface area contributed by atoms with Gasteiger partial charge in [-0.2, -0.15) is 0 Å². The van der Waals surface area contributed by atoms with Crippen LogP contribution in [0.4, 0.5) is 0 Å². The van der Waals surface area contributed by atoms with Gasteiger partial charge >= 0.3 is 5.97 Å². The summed E-state index contributed by atoms with van der Waals surface area (Å²) in [6.45, 7) is 1.66. The summed E-state index contributed by atoms with van der Waals surface area (Å²) in [5, 5.41) is -0.140. The van der Waals surface area contributed by atoms with Gasteiger partial charge in [0.25, 0.3) is 0 Å². The number of halogens is 1. The van der Waals surface area contributed by atoms with Gasteiger partial charge in [0, 0.05) is 17.6 Å². The monoisotopic (exact) mass is 244 g/mol. The number of benzene rings is 1.